The van der Waals surface area contributed by atoms with E-state index in [1.54, 1.807) is 0 Å². The molecule has 2 rings (SSSR count). The number of aromatic nitrogens is 1. The van der Waals surface area contributed by atoms with Crippen LogP contribution in [0, 0.1) is 0 Å². The number of benzene rings is 1. The second-order valence-corrected chi connectivity index (χ2v) is 4.99. The lowest BCUT2D eigenvalue weighted by Crippen LogP contribution is -2.17. The van der Waals surface area contributed by atoms with Crippen LogP contribution >= 0.6 is 15.9 Å². The number of rotatable bonds is 5. The van der Waals surface area contributed by atoms with Crippen LogP contribution in [0.4, 0.5) is 0 Å². The second-order valence-electron chi connectivity index (χ2n) is 4.08. The van der Waals surface area contributed by atoms with E-state index in [1.165, 1.54) is 0 Å². The number of H-pyrrole nitrogens is 1. The van der Waals surface area contributed by atoms with Crippen LogP contribution in [0.3, 0.4) is 0 Å². The van der Waals surface area contributed by atoms with Gasteiger partial charge in [-0.1, -0.05) is 22.9 Å². The molecule has 0 saturated heterocycles. The van der Waals surface area contributed by atoms with Gasteiger partial charge in [0.1, 0.15) is 5.69 Å². The summed E-state index contributed by atoms with van der Waals surface area (Å²) in [5, 5.41) is 13.4. The average molecular weight is 311 g/mol. The van der Waals surface area contributed by atoms with Crippen LogP contribution in [0.25, 0.3) is 10.9 Å². The first kappa shape index (κ1) is 13.1. The van der Waals surface area contributed by atoms with Crippen molar-refractivity contribution in [2.45, 2.75) is 13.3 Å². The number of aromatic amines is 1. The van der Waals surface area contributed by atoms with Gasteiger partial charge in [-0.05, 0) is 43.3 Å². The fraction of sp³-hybridized carbons (Fsp3) is 0.308. The second kappa shape index (κ2) is 5.54. The number of aromatic carboxylic acids is 1. The molecule has 0 aliphatic rings. The molecule has 4 nitrogen and oxygen atoms in total. The summed E-state index contributed by atoms with van der Waals surface area (Å²) < 4.78 is 0.954. The Bertz CT molecular complexity index is 578. The first-order chi connectivity index (χ1) is 8.63. The van der Waals surface area contributed by atoms with Crippen molar-refractivity contribution >= 4 is 32.8 Å². The van der Waals surface area contributed by atoms with Gasteiger partial charge in [-0.2, -0.15) is 0 Å². The van der Waals surface area contributed by atoms with Crippen LogP contribution in [0.2, 0.25) is 0 Å². The van der Waals surface area contributed by atoms with Crippen LogP contribution in [0.1, 0.15) is 23.0 Å². The van der Waals surface area contributed by atoms with E-state index >= 15 is 0 Å². The van der Waals surface area contributed by atoms with Crippen LogP contribution in [-0.2, 0) is 6.42 Å². The standard InChI is InChI=1S/C13H15BrN2O2/c1-2-15-6-5-9-10-7-8(14)3-4-11(10)16-12(9)13(17)18/h3-4,7,15-16H,2,5-6H2,1H3,(H,17,18). The SMILES string of the molecule is CCNCCc1c(C(=O)O)[nH]c2ccc(Br)cc12. The lowest BCUT2D eigenvalue weighted by atomic mass is 10.1. The van der Waals surface area contributed by atoms with Gasteiger partial charge >= 0.3 is 5.97 Å². The number of hydrogen-bond donors (Lipinski definition) is 3. The van der Waals surface area contributed by atoms with Crippen molar-refractivity contribution in [1.29, 1.82) is 0 Å². The Kier molecular flexibility index (Phi) is 4.04. The van der Waals surface area contributed by atoms with Gasteiger partial charge in [0.15, 0.2) is 0 Å². The normalized spacial score (nSPS) is 11.0. The van der Waals surface area contributed by atoms with Crippen molar-refractivity contribution in [1.82, 2.24) is 10.3 Å². The average Bonchev–Trinajstić information content (AvgIpc) is 2.68. The maximum Gasteiger partial charge on any atom is 0.352 e. The maximum absolute atomic E-state index is 11.2. The number of carboxylic acids is 1. The molecule has 0 saturated carbocycles. The van der Waals surface area contributed by atoms with E-state index in [4.69, 9.17) is 0 Å². The topological polar surface area (TPSA) is 65.1 Å². The number of carboxylic acid groups (broad SMARTS) is 1. The molecule has 1 aromatic heterocycles. The van der Waals surface area contributed by atoms with Crippen LogP contribution in [-0.4, -0.2) is 29.1 Å². The molecule has 2 aromatic rings. The fourth-order valence-corrected chi connectivity index (χ4v) is 2.41. The van der Waals surface area contributed by atoms with Gasteiger partial charge in [-0.25, -0.2) is 4.79 Å². The van der Waals surface area contributed by atoms with Gasteiger partial charge in [-0.15, -0.1) is 0 Å². The predicted molar refractivity (Wildman–Crippen MR) is 75.2 cm³/mol. The first-order valence-corrected chi connectivity index (χ1v) is 6.67. The van der Waals surface area contributed by atoms with Crippen molar-refractivity contribution in [2.24, 2.45) is 0 Å². The summed E-state index contributed by atoms with van der Waals surface area (Å²) in [7, 11) is 0. The van der Waals surface area contributed by atoms with E-state index in [9.17, 15) is 9.90 Å². The number of halogens is 1. The lowest BCUT2D eigenvalue weighted by Gasteiger charge is -2.03. The van der Waals surface area contributed by atoms with E-state index in [1.807, 2.05) is 25.1 Å². The summed E-state index contributed by atoms with van der Waals surface area (Å²) in [5.74, 6) is -0.908. The molecular formula is C13H15BrN2O2. The summed E-state index contributed by atoms with van der Waals surface area (Å²) in [6, 6.07) is 5.75. The smallest absolute Gasteiger partial charge is 0.352 e. The predicted octanol–water partition coefficient (Wildman–Crippen LogP) is 2.78. The number of likely N-dealkylation sites (N-methyl/N-ethyl adjacent to an activating group) is 1. The molecule has 0 unspecified atom stereocenters. The van der Waals surface area contributed by atoms with Gasteiger partial charge in [0, 0.05) is 15.4 Å². The molecule has 0 spiro atoms. The van der Waals surface area contributed by atoms with E-state index in [0.717, 1.165) is 34.0 Å². The minimum atomic E-state index is -0.908. The Labute approximate surface area is 114 Å². The lowest BCUT2D eigenvalue weighted by molar-refractivity contribution is 0.0690. The van der Waals surface area contributed by atoms with E-state index < -0.39 is 5.97 Å². The van der Waals surface area contributed by atoms with Crippen molar-refractivity contribution in [3.8, 4) is 0 Å². The highest BCUT2D eigenvalue weighted by Gasteiger charge is 2.16. The molecule has 18 heavy (non-hydrogen) atoms. The zero-order valence-corrected chi connectivity index (χ0v) is 11.7. The molecule has 1 heterocycles. The van der Waals surface area contributed by atoms with Crippen molar-refractivity contribution in [2.75, 3.05) is 13.1 Å². The molecule has 0 aliphatic carbocycles. The third-order valence-electron chi connectivity index (χ3n) is 2.88. The zero-order valence-electron chi connectivity index (χ0n) is 10.1. The molecule has 96 valence electrons. The van der Waals surface area contributed by atoms with Crippen molar-refractivity contribution < 1.29 is 9.90 Å². The Hall–Kier alpha value is -1.33. The molecule has 0 radical (unpaired) electrons. The van der Waals surface area contributed by atoms with Crippen LogP contribution < -0.4 is 5.32 Å². The van der Waals surface area contributed by atoms with E-state index in [0.29, 0.717) is 12.1 Å². The van der Waals surface area contributed by atoms with Gasteiger partial charge < -0.3 is 15.4 Å². The monoisotopic (exact) mass is 310 g/mol. The minimum Gasteiger partial charge on any atom is -0.477 e. The molecule has 0 fully saturated rings. The summed E-state index contributed by atoms with van der Waals surface area (Å²) >= 11 is 3.42. The highest BCUT2D eigenvalue weighted by Crippen LogP contribution is 2.26. The zero-order chi connectivity index (χ0) is 13.1. The minimum absolute atomic E-state index is 0.293. The molecule has 5 heteroatoms. The van der Waals surface area contributed by atoms with Gasteiger partial charge in [0.25, 0.3) is 0 Å². The fourth-order valence-electron chi connectivity index (χ4n) is 2.05. The van der Waals surface area contributed by atoms with Crippen LogP contribution in [0.5, 0.6) is 0 Å². The summed E-state index contributed by atoms with van der Waals surface area (Å²) in [6.45, 7) is 3.69. The third-order valence-corrected chi connectivity index (χ3v) is 3.38. The molecule has 0 atom stereocenters. The summed E-state index contributed by atoms with van der Waals surface area (Å²) in [6.07, 6.45) is 0.700. The number of fused-ring (bicyclic) bond motifs is 1. The van der Waals surface area contributed by atoms with Crippen molar-refractivity contribution in [3.05, 3.63) is 33.9 Å². The molecule has 0 amide bonds. The van der Waals surface area contributed by atoms with E-state index in [-0.39, 0.29) is 0 Å². The molecule has 3 N–H and O–H groups in total. The van der Waals surface area contributed by atoms with Crippen LogP contribution in [0.15, 0.2) is 22.7 Å². The number of nitrogens with one attached hydrogen (secondary N) is 2. The molecular weight excluding hydrogens is 296 g/mol. The van der Waals surface area contributed by atoms with E-state index in [2.05, 4.69) is 26.2 Å². The summed E-state index contributed by atoms with van der Waals surface area (Å²) in [4.78, 5) is 14.2. The molecule has 0 bridgehead atoms. The molecule has 1 aromatic carbocycles. The maximum atomic E-state index is 11.2. The summed E-state index contributed by atoms with van der Waals surface area (Å²) in [5.41, 5.74) is 2.02. The Morgan fingerprint density at radius 3 is 2.94 bits per heavy atom. The quantitative estimate of drug-likeness (QED) is 0.744. The number of carbonyl (C=O) groups is 1. The van der Waals surface area contributed by atoms with Gasteiger partial charge in [0.2, 0.25) is 0 Å². The van der Waals surface area contributed by atoms with Crippen molar-refractivity contribution in [3.63, 3.8) is 0 Å². The highest BCUT2D eigenvalue weighted by molar-refractivity contribution is 9.10. The highest BCUT2D eigenvalue weighted by atomic mass is 79.9. The Balaban J connectivity index is 2.47. The Morgan fingerprint density at radius 2 is 2.28 bits per heavy atom. The Morgan fingerprint density at radius 1 is 1.50 bits per heavy atom. The van der Waals surface area contributed by atoms with Gasteiger partial charge in [0.05, 0.1) is 0 Å². The molecule has 0 aliphatic heterocycles. The van der Waals surface area contributed by atoms with Gasteiger partial charge in [-0.3, -0.25) is 0 Å². The number of hydrogen-bond acceptors (Lipinski definition) is 2. The largest absolute Gasteiger partial charge is 0.477 e. The first-order valence-electron chi connectivity index (χ1n) is 5.87. The third kappa shape index (κ3) is 2.57.